The lowest BCUT2D eigenvalue weighted by Crippen LogP contribution is -2.35. The number of anilines is 1. The highest BCUT2D eigenvalue weighted by Crippen LogP contribution is 2.16. The number of rotatable bonds is 3. The minimum absolute atomic E-state index is 0.345. The fourth-order valence-corrected chi connectivity index (χ4v) is 1.21. The van der Waals surface area contributed by atoms with Gasteiger partial charge in [-0.3, -0.25) is 9.89 Å². The molecule has 2 amide bonds. The van der Waals surface area contributed by atoms with Crippen molar-refractivity contribution >= 4 is 17.7 Å². The van der Waals surface area contributed by atoms with Crippen LogP contribution in [0.15, 0.2) is 0 Å². The molecule has 0 aromatic carbocycles. The second kappa shape index (κ2) is 4.65. The second-order valence-electron chi connectivity index (χ2n) is 3.49. The third kappa shape index (κ3) is 2.72. The smallest absolute Gasteiger partial charge is 0.323 e. The topological polar surface area (TPSA) is 98.3 Å². The predicted molar refractivity (Wildman–Crippen MR) is 57.3 cm³/mol. The number of carbonyl (C=O) groups is 2. The molecule has 0 saturated heterocycles. The van der Waals surface area contributed by atoms with Gasteiger partial charge in [0.05, 0.1) is 17.1 Å². The molecule has 1 aromatic rings. The number of amides is 2. The summed E-state index contributed by atoms with van der Waals surface area (Å²) >= 11 is 0. The van der Waals surface area contributed by atoms with Crippen molar-refractivity contribution in [2.75, 3.05) is 18.9 Å². The number of urea groups is 1. The SMILES string of the molecule is Cc1n[nH]c(C)c1NC(=O)N(C)CC(=O)O. The van der Waals surface area contributed by atoms with Crippen molar-refractivity contribution in [2.45, 2.75) is 13.8 Å². The standard InChI is InChI=1S/C9H14N4O3/c1-5-8(6(2)12-11-5)10-9(16)13(3)4-7(14)15/h4H2,1-3H3,(H,10,16)(H,11,12)(H,14,15). The average molecular weight is 226 g/mol. The molecule has 7 heteroatoms. The molecule has 7 nitrogen and oxygen atoms in total. The Morgan fingerprint density at radius 1 is 1.50 bits per heavy atom. The summed E-state index contributed by atoms with van der Waals surface area (Å²) in [4.78, 5) is 23.0. The highest BCUT2D eigenvalue weighted by Gasteiger charge is 2.15. The molecule has 0 radical (unpaired) electrons. The Labute approximate surface area is 92.4 Å². The van der Waals surface area contributed by atoms with E-state index < -0.39 is 12.0 Å². The molecule has 0 atom stereocenters. The normalized spacial score (nSPS) is 9.94. The Bertz CT molecular complexity index is 393. The van der Waals surface area contributed by atoms with Gasteiger partial charge in [-0.15, -0.1) is 0 Å². The summed E-state index contributed by atoms with van der Waals surface area (Å²) in [5.41, 5.74) is 1.98. The number of carboxylic acid groups (broad SMARTS) is 1. The Kier molecular flexibility index (Phi) is 3.49. The quantitative estimate of drug-likeness (QED) is 0.701. The van der Waals surface area contributed by atoms with E-state index in [-0.39, 0.29) is 6.54 Å². The molecular formula is C9H14N4O3. The molecule has 0 fully saturated rings. The van der Waals surface area contributed by atoms with Crippen LogP contribution < -0.4 is 5.32 Å². The van der Waals surface area contributed by atoms with E-state index >= 15 is 0 Å². The van der Waals surface area contributed by atoms with Gasteiger partial charge in [-0.2, -0.15) is 5.10 Å². The van der Waals surface area contributed by atoms with E-state index in [4.69, 9.17) is 5.11 Å². The number of carbonyl (C=O) groups excluding carboxylic acids is 1. The maximum atomic E-state index is 11.6. The molecule has 0 bridgehead atoms. The first-order valence-corrected chi connectivity index (χ1v) is 4.67. The van der Waals surface area contributed by atoms with Gasteiger partial charge >= 0.3 is 12.0 Å². The lowest BCUT2D eigenvalue weighted by atomic mass is 10.3. The maximum absolute atomic E-state index is 11.6. The van der Waals surface area contributed by atoms with Crippen LogP contribution in [0.25, 0.3) is 0 Å². The molecule has 0 saturated carbocycles. The zero-order chi connectivity index (χ0) is 12.3. The third-order valence-electron chi connectivity index (χ3n) is 2.08. The summed E-state index contributed by atoms with van der Waals surface area (Å²) in [6.45, 7) is 3.17. The van der Waals surface area contributed by atoms with Crippen molar-refractivity contribution in [1.29, 1.82) is 0 Å². The van der Waals surface area contributed by atoms with Crippen LogP contribution in [0.1, 0.15) is 11.4 Å². The fourth-order valence-electron chi connectivity index (χ4n) is 1.21. The van der Waals surface area contributed by atoms with Crippen molar-refractivity contribution in [2.24, 2.45) is 0 Å². The molecule has 1 rings (SSSR count). The number of hydrogen-bond donors (Lipinski definition) is 3. The predicted octanol–water partition coefficient (Wildman–Crippen LogP) is 0.575. The van der Waals surface area contributed by atoms with Crippen LogP contribution in [0.4, 0.5) is 10.5 Å². The van der Waals surface area contributed by atoms with Gasteiger partial charge in [0.1, 0.15) is 6.54 Å². The van der Waals surface area contributed by atoms with Crippen molar-refractivity contribution < 1.29 is 14.7 Å². The number of nitrogens with zero attached hydrogens (tertiary/aromatic N) is 2. The Morgan fingerprint density at radius 3 is 2.56 bits per heavy atom. The van der Waals surface area contributed by atoms with E-state index in [0.29, 0.717) is 11.4 Å². The lowest BCUT2D eigenvalue weighted by molar-refractivity contribution is -0.137. The summed E-state index contributed by atoms with van der Waals surface area (Å²) in [7, 11) is 1.41. The van der Waals surface area contributed by atoms with Gasteiger partial charge in [-0.05, 0) is 13.8 Å². The zero-order valence-electron chi connectivity index (χ0n) is 9.37. The minimum atomic E-state index is -1.06. The Morgan fingerprint density at radius 2 is 2.12 bits per heavy atom. The Balaban J connectivity index is 2.68. The van der Waals surface area contributed by atoms with Crippen molar-refractivity contribution in [3.63, 3.8) is 0 Å². The minimum Gasteiger partial charge on any atom is -0.480 e. The van der Waals surface area contributed by atoms with E-state index in [1.165, 1.54) is 7.05 Å². The van der Waals surface area contributed by atoms with Crippen molar-refractivity contribution in [3.05, 3.63) is 11.4 Å². The van der Waals surface area contributed by atoms with Gasteiger partial charge in [0.25, 0.3) is 0 Å². The number of hydrogen-bond acceptors (Lipinski definition) is 3. The zero-order valence-corrected chi connectivity index (χ0v) is 9.37. The van der Waals surface area contributed by atoms with Crippen LogP contribution in [-0.2, 0) is 4.79 Å². The summed E-state index contributed by atoms with van der Waals surface area (Å²) in [5, 5.41) is 17.8. The molecule has 0 spiro atoms. The number of nitrogens with one attached hydrogen (secondary N) is 2. The van der Waals surface area contributed by atoms with Crippen LogP contribution >= 0.6 is 0 Å². The molecule has 0 aliphatic carbocycles. The summed E-state index contributed by atoms with van der Waals surface area (Å²) < 4.78 is 0. The third-order valence-corrected chi connectivity index (χ3v) is 2.08. The van der Waals surface area contributed by atoms with E-state index in [1.54, 1.807) is 13.8 Å². The van der Waals surface area contributed by atoms with E-state index in [1.807, 2.05) is 0 Å². The van der Waals surface area contributed by atoms with Crippen LogP contribution in [-0.4, -0.2) is 45.8 Å². The number of aromatic amines is 1. The molecule has 1 aromatic heterocycles. The van der Waals surface area contributed by atoms with Crippen molar-refractivity contribution in [3.8, 4) is 0 Å². The largest absolute Gasteiger partial charge is 0.480 e. The molecule has 0 aliphatic rings. The first-order chi connectivity index (χ1) is 7.41. The van der Waals surface area contributed by atoms with Gasteiger partial charge in [0.15, 0.2) is 0 Å². The first kappa shape index (κ1) is 12.0. The molecule has 88 valence electrons. The van der Waals surface area contributed by atoms with Crippen molar-refractivity contribution in [1.82, 2.24) is 15.1 Å². The van der Waals surface area contributed by atoms with Crippen LogP contribution in [0.2, 0.25) is 0 Å². The van der Waals surface area contributed by atoms with Gasteiger partial charge in [0, 0.05) is 7.05 Å². The van der Waals surface area contributed by atoms with Gasteiger partial charge in [-0.1, -0.05) is 0 Å². The van der Waals surface area contributed by atoms with E-state index in [0.717, 1.165) is 10.6 Å². The number of carboxylic acids is 1. The number of aromatic nitrogens is 2. The second-order valence-corrected chi connectivity index (χ2v) is 3.49. The number of aryl methyl sites for hydroxylation is 2. The molecule has 0 aliphatic heterocycles. The molecular weight excluding hydrogens is 212 g/mol. The monoisotopic (exact) mass is 226 g/mol. The molecule has 16 heavy (non-hydrogen) atoms. The molecule has 1 heterocycles. The summed E-state index contributed by atoms with van der Waals surface area (Å²) in [6, 6.07) is -0.477. The highest BCUT2D eigenvalue weighted by molar-refractivity contribution is 5.92. The fraction of sp³-hybridized carbons (Fsp3) is 0.444. The first-order valence-electron chi connectivity index (χ1n) is 4.67. The van der Waals surface area contributed by atoms with Gasteiger partial charge < -0.3 is 15.3 Å². The van der Waals surface area contributed by atoms with Crippen LogP contribution in [0.3, 0.4) is 0 Å². The summed E-state index contributed by atoms with van der Waals surface area (Å²) in [5.74, 6) is -1.06. The van der Waals surface area contributed by atoms with Gasteiger partial charge in [0.2, 0.25) is 0 Å². The van der Waals surface area contributed by atoms with E-state index in [2.05, 4.69) is 15.5 Å². The molecule has 0 unspecified atom stereocenters. The number of aliphatic carboxylic acids is 1. The van der Waals surface area contributed by atoms with Gasteiger partial charge in [-0.25, -0.2) is 4.79 Å². The number of likely N-dealkylation sites (N-methyl/N-ethyl adjacent to an activating group) is 1. The summed E-state index contributed by atoms with van der Waals surface area (Å²) in [6.07, 6.45) is 0. The van der Waals surface area contributed by atoms with E-state index in [9.17, 15) is 9.59 Å². The number of H-pyrrole nitrogens is 1. The Hall–Kier alpha value is -2.05. The van der Waals surface area contributed by atoms with Crippen LogP contribution in [0.5, 0.6) is 0 Å². The lowest BCUT2D eigenvalue weighted by Gasteiger charge is -2.15. The maximum Gasteiger partial charge on any atom is 0.323 e. The molecule has 3 N–H and O–H groups in total. The van der Waals surface area contributed by atoms with Crippen LogP contribution in [0, 0.1) is 13.8 Å². The average Bonchev–Trinajstić information content (AvgIpc) is 2.48. The highest BCUT2D eigenvalue weighted by atomic mass is 16.4.